The van der Waals surface area contributed by atoms with Gasteiger partial charge in [-0.1, -0.05) is 36.4 Å². The van der Waals surface area contributed by atoms with Crippen molar-refractivity contribution in [2.75, 3.05) is 25.0 Å². The van der Waals surface area contributed by atoms with Crippen LogP contribution in [-0.4, -0.2) is 46.1 Å². The van der Waals surface area contributed by atoms with Gasteiger partial charge in [-0.05, 0) is 38.1 Å². The molecule has 0 aliphatic carbocycles. The number of hydrogen-bond donors (Lipinski definition) is 2. The zero-order valence-corrected chi connectivity index (χ0v) is 17.8. The number of carbonyl (C=O) groups excluding carboxylic acids is 2. The summed E-state index contributed by atoms with van der Waals surface area (Å²) in [5.41, 5.74) is 4.40. The van der Waals surface area contributed by atoms with E-state index in [1.807, 2.05) is 79.2 Å². The average Bonchev–Trinajstić information content (AvgIpc) is 3.07. The summed E-state index contributed by atoms with van der Waals surface area (Å²) in [6.07, 6.45) is 0.309. The molecule has 4 rings (SSSR count). The van der Waals surface area contributed by atoms with Gasteiger partial charge in [0.25, 0.3) is 0 Å². The molecule has 1 saturated heterocycles. The number of nitrogens with zero attached hydrogens (tertiary/aromatic N) is 3. The third-order valence-electron chi connectivity index (χ3n) is 5.62. The van der Waals surface area contributed by atoms with Gasteiger partial charge in [0.1, 0.15) is 6.04 Å². The Morgan fingerprint density at radius 1 is 1.10 bits per heavy atom. The summed E-state index contributed by atoms with van der Waals surface area (Å²) >= 11 is 0. The summed E-state index contributed by atoms with van der Waals surface area (Å²) in [6, 6.07) is 18.8. The first-order valence-corrected chi connectivity index (χ1v) is 10.5. The Bertz CT molecular complexity index is 1060. The Morgan fingerprint density at radius 2 is 1.77 bits per heavy atom. The van der Waals surface area contributed by atoms with Gasteiger partial charge in [0, 0.05) is 43.0 Å². The smallest absolute Gasteiger partial charge is 0.242 e. The molecule has 2 amide bonds. The average molecular weight is 418 g/mol. The minimum atomic E-state index is -0.462. The first-order valence-electron chi connectivity index (χ1n) is 10.5. The zero-order chi connectivity index (χ0) is 21.8. The molecule has 1 atom stereocenters. The Kier molecular flexibility index (Phi) is 6.13. The summed E-state index contributed by atoms with van der Waals surface area (Å²) in [7, 11) is 0. The van der Waals surface area contributed by atoms with Crippen LogP contribution in [0.5, 0.6) is 0 Å². The van der Waals surface area contributed by atoms with Crippen LogP contribution in [0.25, 0.3) is 5.69 Å². The van der Waals surface area contributed by atoms with Crippen molar-refractivity contribution in [3.8, 4) is 5.69 Å². The number of rotatable bonds is 6. The lowest BCUT2D eigenvalue weighted by atomic mass is 10.00. The second kappa shape index (κ2) is 9.14. The summed E-state index contributed by atoms with van der Waals surface area (Å²) in [6.45, 7) is 5.67. The monoisotopic (exact) mass is 417 g/mol. The largest absolute Gasteiger partial charge is 0.353 e. The SMILES string of the molecule is Cc1nn(-c2ccccc2)c(C)c1C1C(=O)NCCN1CCC(=O)Nc1ccccc1. The number of aromatic nitrogens is 2. The number of hydrogen-bond acceptors (Lipinski definition) is 4. The fourth-order valence-electron chi connectivity index (χ4n) is 4.13. The molecule has 1 unspecified atom stereocenters. The molecule has 2 heterocycles. The minimum Gasteiger partial charge on any atom is -0.353 e. The summed E-state index contributed by atoms with van der Waals surface area (Å²) in [5, 5.41) is 10.6. The van der Waals surface area contributed by atoms with Crippen molar-refractivity contribution >= 4 is 17.5 Å². The van der Waals surface area contributed by atoms with Gasteiger partial charge in [-0.15, -0.1) is 0 Å². The third kappa shape index (κ3) is 4.51. The number of aryl methyl sites for hydroxylation is 1. The zero-order valence-electron chi connectivity index (χ0n) is 17.8. The molecule has 1 aromatic heterocycles. The molecule has 2 N–H and O–H groups in total. The van der Waals surface area contributed by atoms with E-state index in [1.165, 1.54) is 0 Å². The molecule has 0 bridgehead atoms. The summed E-state index contributed by atoms with van der Waals surface area (Å²) < 4.78 is 1.88. The van der Waals surface area contributed by atoms with Gasteiger partial charge in [0.2, 0.25) is 11.8 Å². The predicted octanol–water partition coefficient (Wildman–Crippen LogP) is 2.99. The molecule has 7 heteroatoms. The van der Waals surface area contributed by atoms with Crippen molar-refractivity contribution in [2.45, 2.75) is 26.3 Å². The van der Waals surface area contributed by atoms with Crippen LogP contribution in [0.2, 0.25) is 0 Å². The van der Waals surface area contributed by atoms with E-state index in [1.54, 1.807) is 0 Å². The summed E-state index contributed by atoms with van der Waals surface area (Å²) in [4.78, 5) is 27.4. The van der Waals surface area contributed by atoms with Gasteiger partial charge in [-0.25, -0.2) is 4.68 Å². The molecule has 0 spiro atoms. The maximum Gasteiger partial charge on any atom is 0.242 e. The quantitative estimate of drug-likeness (QED) is 0.646. The summed E-state index contributed by atoms with van der Waals surface area (Å²) in [5.74, 6) is -0.113. The molecule has 2 aromatic carbocycles. The second-order valence-electron chi connectivity index (χ2n) is 7.73. The Hall–Kier alpha value is -3.45. The van der Waals surface area contributed by atoms with E-state index in [2.05, 4.69) is 15.5 Å². The number of para-hydroxylation sites is 2. The lowest BCUT2D eigenvalue weighted by molar-refractivity contribution is -0.130. The highest BCUT2D eigenvalue weighted by Gasteiger charge is 2.35. The number of amides is 2. The topological polar surface area (TPSA) is 79.3 Å². The Labute approximate surface area is 182 Å². The van der Waals surface area contributed by atoms with E-state index in [-0.39, 0.29) is 11.8 Å². The molecule has 0 radical (unpaired) electrons. The highest BCUT2D eigenvalue weighted by atomic mass is 16.2. The fraction of sp³-hybridized carbons (Fsp3) is 0.292. The lowest BCUT2D eigenvalue weighted by Gasteiger charge is -2.35. The van der Waals surface area contributed by atoms with Gasteiger partial charge < -0.3 is 10.6 Å². The van der Waals surface area contributed by atoms with E-state index in [4.69, 9.17) is 5.10 Å². The lowest BCUT2D eigenvalue weighted by Crippen LogP contribution is -2.50. The van der Waals surface area contributed by atoms with Crippen LogP contribution < -0.4 is 10.6 Å². The van der Waals surface area contributed by atoms with Crippen LogP contribution in [0.3, 0.4) is 0 Å². The molecular weight excluding hydrogens is 390 g/mol. The van der Waals surface area contributed by atoms with E-state index in [0.717, 1.165) is 28.3 Å². The van der Waals surface area contributed by atoms with Crippen molar-refractivity contribution in [1.29, 1.82) is 0 Å². The molecule has 1 aliphatic rings. The van der Waals surface area contributed by atoms with Crippen LogP contribution in [-0.2, 0) is 9.59 Å². The Morgan fingerprint density at radius 3 is 2.48 bits per heavy atom. The Balaban J connectivity index is 1.54. The second-order valence-corrected chi connectivity index (χ2v) is 7.73. The standard InChI is InChI=1S/C24H27N5O2/c1-17-22(18(2)29(27-17)20-11-7-4-8-12-20)23-24(31)25-14-16-28(23)15-13-21(30)26-19-9-5-3-6-10-19/h3-12,23H,13-16H2,1-2H3,(H,25,31)(H,26,30). The maximum absolute atomic E-state index is 12.9. The number of piperazine rings is 1. The number of carbonyl (C=O) groups is 2. The van der Waals surface area contributed by atoms with Gasteiger partial charge >= 0.3 is 0 Å². The molecule has 7 nitrogen and oxygen atoms in total. The third-order valence-corrected chi connectivity index (χ3v) is 5.62. The highest BCUT2D eigenvalue weighted by molar-refractivity contribution is 5.91. The van der Waals surface area contributed by atoms with E-state index >= 15 is 0 Å². The molecule has 1 aliphatic heterocycles. The molecular formula is C24H27N5O2. The van der Waals surface area contributed by atoms with E-state index in [9.17, 15) is 9.59 Å². The number of nitrogens with one attached hydrogen (secondary N) is 2. The van der Waals surface area contributed by atoms with Crippen LogP contribution in [0, 0.1) is 13.8 Å². The van der Waals surface area contributed by atoms with Crippen LogP contribution >= 0.6 is 0 Å². The van der Waals surface area contributed by atoms with Crippen LogP contribution in [0.4, 0.5) is 5.69 Å². The first kappa shape index (κ1) is 20.8. The molecule has 3 aromatic rings. The number of anilines is 1. The van der Waals surface area contributed by atoms with Crippen molar-refractivity contribution in [2.24, 2.45) is 0 Å². The number of benzene rings is 2. The van der Waals surface area contributed by atoms with E-state index in [0.29, 0.717) is 26.1 Å². The molecule has 31 heavy (non-hydrogen) atoms. The van der Waals surface area contributed by atoms with Gasteiger partial charge in [0.05, 0.1) is 11.4 Å². The highest BCUT2D eigenvalue weighted by Crippen LogP contribution is 2.30. The van der Waals surface area contributed by atoms with Crippen molar-refractivity contribution in [3.63, 3.8) is 0 Å². The van der Waals surface area contributed by atoms with Crippen LogP contribution in [0.1, 0.15) is 29.4 Å². The van der Waals surface area contributed by atoms with Crippen LogP contribution in [0.15, 0.2) is 60.7 Å². The normalized spacial score (nSPS) is 16.7. The maximum atomic E-state index is 12.9. The van der Waals surface area contributed by atoms with E-state index < -0.39 is 6.04 Å². The van der Waals surface area contributed by atoms with Gasteiger partial charge in [0.15, 0.2) is 0 Å². The fourth-order valence-corrected chi connectivity index (χ4v) is 4.13. The van der Waals surface area contributed by atoms with Crippen molar-refractivity contribution in [3.05, 3.63) is 77.6 Å². The van der Waals surface area contributed by atoms with Gasteiger partial charge in [-0.2, -0.15) is 5.10 Å². The van der Waals surface area contributed by atoms with Crippen molar-refractivity contribution in [1.82, 2.24) is 20.0 Å². The molecule has 1 fully saturated rings. The predicted molar refractivity (Wildman–Crippen MR) is 120 cm³/mol. The van der Waals surface area contributed by atoms with Crippen molar-refractivity contribution < 1.29 is 9.59 Å². The minimum absolute atomic E-state index is 0.0477. The molecule has 160 valence electrons. The molecule has 0 saturated carbocycles. The first-order chi connectivity index (χ1) is 15.0. The van der Waals surface area contributed by atoms with Gasteiger partial charge in [-0.3, -0.25) is 14.5 Å².